The Morgan fingerprint density at radius 1 is 1.50 bits per heavy atom. The molecule has 0 aromatic rings. The molecule has 2 aliphatic heterocycles. The lowest BCUT2D eigenvalue weighted by Crippen LogP contribution is -2.54. The maximum Gasteiger partial charge on any atom is 0.233 e. The molecule has 0 saturated carbocycles. The third kappa shape index (κ3) is 2.01. The van der Waals surface area contributed by atoms with Crippen molar-refractivity contribution < 1.29 is 9.53 Å². The molecule has 2 aliphatic rings. The van der Waals surface area contributed by atoms with Crippen molar-refractivity contribution in [3.63, 3.8) is 0 Å². The zero-order chi connectivity index (χ0) is 11.8. The van der Waals surface area contributed by atoms with E-state index in [-0.39, 0.29) is 11.3 Å². The van der Waals surface area contributed by atoms with Crippen LogP contribution < -0.4 is 0 Å². The molecule has 0 N–H and O–H groups in total. The Labute approximate surface area is 97.5 Å². The first-order valence-corrected chi connectivity index (χ1v) is 6.09. The number of carbonyl (C=O) groups excluding carboxylic acids is 1. The largest absolute Gasteiger partial charge is 0.379 e. The van der Waals surface area contributed by atoms with E-state index in [0.29, 0.717) is 19.1 Å². The number of hydrogen-bond donors (Lipinski definition) is 0. The fourth-order valence-corrected chi connectivity index (χ4v) is 2.31. The smallest absolute Gasteiger partial charge is 0.233 e. The summed E-state index contributed by atoms with van der Waals surface area (Å²) >= 11 is 0. The third-order valence-corrected chi connectivity index (χ3v) is 3.63. The van der Waals surface area contributed by atoms with Gasteiger partial charge in [-0.25, -0.2) is 0 Å². The van der Waals surface area contributed by atoms with E-state index in [9.17, 15) is 4.79 Å². The summed E-state index contributed by atoms with van der Waals surface area (Å²) in [5.74, 6) is 0.873. The number of rotatable bonds is 2. The molecule has 0 aromatic heterocycles. The lowest BCUT2D eigenvalue weighted by atomic mass is 9.86. The second-order valence-corrected chi connectivity index (χ2v) is 5.49. The molecule has 3 nitrogen and oxygen atoms in total. The number of nitrogens with zero attached hydrogens (tertiary/aromatic N) is 1. The quantitative estimate of drug-likeness (QED) is 0.668. The lowest BCUT2D eigenvalue weighted by molar-refractivity contribution is -0.168. The van der Waals surface area contributed by atoms with Crippen molar-refractivity contribution in [1.29, 1.82) is 0 Å². The van der Waals surface area contributed by atoms with Gasteiger partial charge < -0.3 is 9.64 Å². The molecule has 0 aromatic carbocycles. The SMILES string of the molecule is CC(C)C1=CCN(C(=O)C2(C)COC2)CC1. The van der Waals surface area contributed by atoms with Gasteiger partial charge in [0.2, 0.25) is 5.91 Å². The molecule has 16 heavy (non-hydrogen) atoms. The van der Waals surface area contributed by atoms with E-state index in [4.69, 9.17) is 4.74 Å². The fraction of sp³-hybridized carbons (Fsp3) is 0.769. The molecule has 2 heterocycles. The highest BCUT2D eigenvalue weighted by molar-refractivity contribution is 5.83. The summed E-state index contributed by atoms with van der Waals surface area (Å²) in [4.78, 5) is 14.2. The zero-order valence-corrected chi connectivity index (χ0v) is 10.5. The highest BCUT2D eigenvalue weighted by Gasteiger charge is 2.43. The minimum Gasteiger partial charge on any atom is -0.379 e. The van der Waals surface area contributed by atoms with Gasteiger partial charge in [-0.3, -0.25) is 4.79 Å². The Morgan fingerprint density at radius 3 is 2.56 bits per heavy atom. The van der Waals surface area contributed by atoms with Crippen LogP contribution in [0.25, 0.3) is 0 Å². The fourth-order valence-electron chi connectivity index (χ4n) is 2.31. The highest BCUT2D eigenvalue weighted by atomic mass is 16.5. The first-order valence-electron chi connectivity index (χ1n) is 6.09. The van der Waals surface area contributed by atoms with Gasteiger partial charge in [0.25, 0.3) is 0 Å². The number of ether oxygens (including phenoxy) is 1. The normalized spacial score (nSPS) is 24.0. The van der Waals surface area contributed by atoms with E-state index in [2.05, 4.69) is 19.9 Å². The van der Waals surface area contributed by atoms with Gasteiger partial charge in [0.15, 0.2) is 0 Å². The van der Waals surface area contributed by atoms with Crippen LogP contribution in [0.4, 0.5) is 0 Å². The average molecular weight is 223 g/mol. The lowest BCUT2D eigenvalue weighted by Gasteiger charge is -2.41. The van der Waals surface area contributed by atoms with Crippen molar-refractivity contribution in [3.05, 3.63) is 11.6 Å². The molecule has 0 radical (unpaired) electrons. The Morgan fingerprint density at radius 2 is 2.19 bits per heavy atom. The van der Waals surface area contributed by atoms with Gasteiger partial charge in [0, 0.05) is 13.1 Å². The molecule has 0 spiro atoms. The van der Waals surface area contributed by atoms with Gasteiger partial charge in [-0.1, -0.05) is 25.5 Å². The van der Waals surface area contributed by atoms with E-state index < -0.39 is 0 Å². The van der Waals surface area contributed by atoms with E-state index in [1.807, 2.05) is 11.8 Å². The molecule has 1 saturated heterocycles. The average Bonchev–Trinajstić information content (AvgIpc) is 2.25. The van der Waals surface area contributed by atoms with E-state index in [0.717, 1.165) is 19.5 Å². The molecule has 90 valence electrons. The monoisotopic (exact) mass is 223 g/mol. The van der Waals surface area contributed by atoms with Crippen LogP contribution in [0.1, 0.15) is 27.2 Å². The van der Waals surface area contributed by atoms with Crippen LogP contribution in [-0.2, 0) is 9.53 Å². The Bertz CT molecular complexity index is 316. The summed E-state index contributed by atoms with van der Waals surface area (Å²) in [5.41, 5.74) is 1.24. The van der Waals surface area contributed by atoms with Gasteiger partial charge in [0.1, 0.15) is 0 Å². The first-order chi connectivity index (χ1) is 7.53. The Balaban J connectivity index is 1.96. The molecular formula is C13H21NO2. The molecule has 1 amide bonds. The molecular weight excluding hydrogens is 202 g/mol. The van der Waals surface area contributed by atoms with Crippen molar-refractivity contribution in [2.75, 3.05) is 26.3 Å². The molecule has 0 aliphatic carbocycles. The summed E-state index contributed by atoms with van der Waals surface area (Å²) < 4.78 is 5.15. The Hall–Kier alpha value is -0.830. The summed E-state index contributed by atoms with van der Waals surface area (Å²) in [6, 6.07) is 0. The third-order valence-electron chi connectivity index (χ3n) is 3.63. The number of hydrogen-bond acceptors (Lipinski definition) is 2. The summed E-state index contributed by atoms with van der Waals surface area (Å²) in [6.45, 7) is 9.25. The van der Waals surface area contributed by atoms with Crippen LogP contribution in [0.3, 0.4) is 0 Å². The van der Waals surface area contributed by atoms with E-state index in [1.165, 1.54) is 5.57 Å². The van der Waals surface area contributed by atoms with Crippen LogP contribution in [0.5, 0.6) is 0 Å². The molecule has 1 fully saturated rings. The van der Waals surface area contributed by atoms with Gasteiger partial charge in [0.05, 0.1) is 18.6 Å². The maximum atomic E-state index is 12.2. The molecule has 0 bridgehead atoms. The molecule has 0 atom stereocenters. The van der Waals surface area contributed by atoms with Gasteiger partial charge in [-0.05, 0) is 19.3 Å². The Kier molecular flexibility index (Phi) is 3.06. The number of carbonyl (C=O) groups is 1. The minimum atomic E-state index is -0.247. The van der Waals surface area contributed by atoms with Crippen LogP contribution in [0, 0.1) is 11.3 Å². The van der Waals surface area contributed by atoms with Crippen molar-refractivity contribution in [1.82, 2.24) is 4.90 Å². The van der Waals surface area contributed by atoms with E-state index >= 15 is 0 Å². The summed E-state index contributed by atoms with van der Waals surface area (Å²) in [5, 5.41) is 0. The van der Waals surface area contributed by atoms with Crippen molar-refractivity contribution in [3.8, 4) is 0 Å². The van der Waals surface area contributed by atoms with Gasteiger partial charge in [-0.15, -0.1) is 0 Å². The second kappa shape index (κ2) is 4.21. The van der Waals surface area contributed by atoms with Gasteiger partial charge >= 0.3 is 0 Å². The zero-order valence-electron chi connectivity index (χ0n) is 10.5. The maximum absolute atomic E-state index is 12.2. The van der Waals surface area contributed by atoms with Crippen LogP contribution in [0.15, 0.2) is 11.6 Å². The van der Waals surface area contributed by atoms with Crippen LogP contribution in [0.2, 0.25) is 0 Å². The summed E-state index contributed by atoms with van der Waals surface area (Å²) in [6.07, 6.45) is 3.25. The van der Waals surface area contributed by atoms with Crippen molar-refractivity contribution in [2.24, 2.45) is 11.3 Å². The van der Waals surface area contributed by atoms with E-state index in [1.54, 1.807) is 0 Å². The number of amides is 1. The van der Waals surface area contributed by atoms with Crippen molar-refractivity contribution >= 4 is 5.91 Å². The molecule has 3 heteroatoms. The summed E-state index contributed by atoms with van der Waals surface area (Å²) in [7, 11) is 0. The second-order valence-electron chi connectivity index (χ2n) is 5.49. The van der Waals surface area contributed by atoms with Crippen LogP contribution >= 0.6 is 0 Å². The molecule has 0 unspecified atom stereocenters. The standard InChI is InChI=1S/C13H21NO2/c1-10(2)11-4-6-14(7-5-11)12(15)13(3)8-16-9-13/h4,10H,5-9H2,1-3H3. The highest BCUT2D eigenvalue weighted by Crippen LogP contribution is 2.30. The topological polar surface area (TPSA) is 29.5 Å². The minimum absolute atomic E-state index is 0.247. The van der Waals surface area contributed by atoms with Crippen LogP contribution in [-0.4, -0.2) is 37.1 Å². The predicted molar refractivity (Wildman–Crippen MR) is 63.0 cm³/mol. The first kappa shape index (κ1) is 11.6. The predicted octanol–water partition coefficient (Wildman–Crippen LogP) is 1.84. The molecule has 2 rings (SSSR count). The van der Waals surface area contributed by atoms with Crippen molar-refractivity contribution in [2.45, 2.75) is 27.2 Å². The van der Waals surface area contributed by atoms with Gasteiger partial charge in [-0.2, -0.15) is 0 Å².